The molecule has 0 aliphatic carbocycles. The number of hydrogen-bond donors (Lipinski definition) is 0. The molecule has 0 bridgehead atoms. The van der Waals surface area contributed by atoms with Crippen molar-refractivity contribution in [1.29, 1.82) is 0 Å². The molecule has 1 aromatic heterocycles. The zero-order valence-electron chi connectivity index (χ0n) is 14.2. The monoisotopic (exact) mass is 303 g/mol. The van der Waals surface area contributed by atoms with Crippen LogP contribution in [-0.4, -0.2) is 4.98 Å². The molecule has 0 atom stereocenters. The fourth-order valence-corrected chi connectivity index (χ4v) is 3.24. The van der Waals surface area contributed by atoms with Crippen molar-refractivity contribution < 1.29 is 0 Å². The van der Waals surface area contributed by atoms with Crippen molar-refractivity contribution in [3.8, 4) is 11.1 Å². The van der Waals surface area contributed by atoms with E-state index in [1.807, 2.05) is 6.20 Å². The van der Waals surface area contributed by atoms with Gasteiger partial charge in [0.05, 0.1) is 5.52 Å². The van der Waals surface area contributed by atoms with E-state index in [1.54, 1.807) is 0 Å². The number of fused-ring (bicyclic) bond motifs is 1. The van der Waals surface area contributed by atoms with Crippen molar-refractivity contribution >= 4 is 10.9 Å². The topological polar surface area (TPSA) is 12.9 Å². The molecule has 0 aliphatic heterocycles. The van der Waals surface area contributed by atoms with Gasteiger partial charge < -0.3 is 0 Å². The largest absolute Gasteiger partial charge is 0.256 e. The van der Waals surface area contributed by atoms with Crippen LogP contribution in [0.1, 0.15) is 43.7 Å². The Morgan fingerprint density at radius 3 is 2.52 bits per heavy atom. The third-order valence-corrected chi connectivity index (χ3v) is 4.50. The molecule has 2 aromatic carbocycles. The highest BCUT2D eigenvalue weighted by Crippen LogP contribution is 2.31. The Balaban J connectivity index is 1.99. The highest BCUT2D eigenvalue weighted by atomic mass is 14.7. The molecule has 0 unspecified atom stereocenters. The van der Waals surface area contributed by atoms with Crippen molar-refractivity contribution in [3.63, 3.8) is 0 Å². The van der Waals surface area contributed by atoms with E-state index in [0.29, 0.717) is 0 Å². The van der Waals surface area contributed by atoms with Gasteiger partial charge in [-0.05, 0) is 54.2 Å². The van der Waals surface area contributed by atoms with Gasteiger partial charge in [-0.25, -0.2) is 0 Å². The van der Waals surface area contributed by atoms with E-state index in [2.05, 4.69) is 67.4 Å². The second kappa shape index (κ2) is 7.41. The van der Waals surface area contributed by atoms with Crippen LogP contribution in [-0.2, 0) is 6.42 Å². The number of unbranched alkanes of at least 4 members (excludes halogenated alkanes) is 3. The molecule has 118 valence electrons. The molecule has 3 aromatic rings. The van der Waals surface area contributed by atoms with Crippen molar-refractivity contribution in [2.24, 2.45) is 0 Å². The van der Waals surface area contributed by atoms with Gasteiger partial charge in [0, 0.05) is 11.6 Å². The maximum atomic E-state index is 4.62. The standard InChI is InChI=1S/C22H25N/c1-3-4-5-7-10-18-13-14-21-20(15-18)22(17(2)16-23-21)19-11-8-6-9-12-19/h6,8-9,11-16H,3-5,7,10H2,1-2H3. The lowest BCUT2D eigenvalue weighted by molar-refractivity contribution is 0.667. The van der Waals surface area contributed by atoms with E-state index in [0.717, 1.165) is 11.9 Å². The molecule has 0 aliphatic rings. The Hall–Kier alpha value is -2.15. The maximum Gasteiger partial charge on any atom is 0.0708 e. The Bertz CT molecular complexity index is 775. The average molecular weight is 303 g/mol. The summed E-state index contributed by atoms with van der Waals surface area (Å²) >= 11 is 0. The van der Waals surface area contributed by atoms with Crippen LogP contribution in [0.25, 0.3) is 22.0 Å². The molecule has 3 rings (SSSR count). The summed E-state index contributed by atoms with van der Waals surface area (Å²) in [4.78, 5) is 4.62. The van der Waals surface area contributed by atoms with E-state index in [1.165, 1.54) is 53.3 Å². The number of rotatable bonds is 6. The van der Waals surface area contributed by atoms with Crippen molar-refractivity contribution in [1.82, 2.24) is 4.98 Å². The summed E-state index contributed by atoms with van der Waals surface area (Å²) in [6, 6.07) is 17.4. The van der Waals surface area contributed by atoms with Crippen LogP contribution in [0, 0.1) is 6.92 Å². The highest BCUT2D eigenvalue weighted by molar-refractivity contribution is 5.96. The average Bonchev–Trinajstić information content (AvgIpc) is 2.59. The first-order valence-electron chi connectivity index (χ1n) is 8.73. The molecular weight excluding hydrogens is 278 g/mol. The summed E-state index contributed by atoms with van der Waals surface area (Å²) in [6.07, 6.45) is 8.39. The highest BCUT2D eigenvalue weighted by Gasteiger charge is 2.09. The fourth-order valence-electron chi connectivity index (χ4n) is 3.24. The van der Waals surface area contributed by atoms with E-state index in [4.69, 9.17) is 0 Å². The quantitative estimate of drug-likeness (QED) is 0.485. The molecule has 1 heteroatoms. The Kier molecular flexibility index (Phi) is 5.07. The predicted molar refractivity (Wildman–Crippen MR) is 99.8 cm³/mol. The molecule has 1 nitrogen and oxygen atoms in total. The van der Waals surface area contributed by atoms with Crippen LogP contribution >= 0.6 is 0 Å². The van der Waals surface area contributed by atoms with Gasteiger partial charge in [0.25, 0.3) is 0 Å². The number of benzene rings is 2. The summed E-state index contributed by atoms with van der Waals surface area (Å²) in [6.45, 7) is 4.42. The number of aromatic nitrogens is 1. The Morgan fingerprint density at radius 2 is 1.74 bits per heavy atom. The molecule has 0 saturated carbocycles. The maximum absolute atomic E-state index is 4.62. The lowest BCUT2D eigenvalue weighted by Gasteiger charge is -2.12. The summed E-state index contributed by atoms with van der Waals surface area (Å²) in [5.41, 5.74) is 6.36. The van der Waals surface area contributed by atoms with Gasteiger partial charge in [-0.1, -0.05) is 62.6 Å². The Morgan fingerprint density at radius 1 is 0.913 bits per heavy atom. The predicted octanol–water partition coefficient (Wildman–Crippen LogP) is 6.33. The van der Waals surface area contributed by atoms with Gasteiger partial charge in [0.1, 0.15) is 0 Å². The van der Waals surface area contributed by atoms with Crippen LogP contribution in [0.4, 0.5) is 0 Å². The minimum atomic E-state index is 1.09. The van der Waals surface area contributed by atoms with E-state index >= 15 is 0 Å². The van der Waals surface area contributed by atoms with E-state index < -0.39 is 0 Å². The summed E-state index contributed by atoms with van der Waals surface area (Å²) in [7, 11) is 0. The summed E-state index contributed by atoms with van der Waals surface area (Å²) < 4.78 is 0. The second-order valence-corrected chi connectivity index (χ2v) is 6.34. The molecule has 23 heavy (non-hydrogen) atoms. The van der Waals surface area contributed by atoms with Crippen LogP contribution in [0.15, 0.2) is 54.7 Å². The molecule has 0 spiro atoms. The van der Waals surface area contributed by atoms with Crippen LogP contribution < -0.4 is 0 Å². The molecule has 0 N–H and O–H groups in total. The zero-order valence-corrected chi connectivity index (χ0v) is 14.2. The second-order valence-electron chi connectivity index (χ2n) is 6.34. The first-order valence-corrected chi connectivity index (χ1v) is 8.73. The molecule has 0 amide bonds. The molecule has 0 saturated heterocycles. The summed E-state index contributed by atoms with van der Waals surface area (Å²) in [5, 5.41) is 1.28. The van der Waals surface area contributed by atoms with Gasteiger partial charge in [-0.3, -0.25) is 4.98 Å². The van der Waals surface area contributed by atoms with Crippen molar-refractivity contribution in [2.45, 2.75) is 46.0 Å². The molecule has 0 fully saturated rings. The number of aryl methyl sites for hydroxylation is 2. The van der Waals surface area contributed by atoms with E-state index in [-0.39, 0.29) is 0 Å². The van der Waals surface area contributed by atoms with Crippen LogP contribution in [0.2, 0.25) is 0 Å². The molecular formula is C22H25N. The number of pyridine rings is 1. The Labute approximate surface area is 139 Å². The summed E-state index contributed by atoms with van der Waals surface area (Å²) in [5.74, 6) is 0. The smallest absolute Gasteiger partial charge is 0.0708 e. The first-order chi connectivity index (χ1) is 11.3. The zero-order chi connectivity index (χ0) is 16.1. The number of hydrogen-bond acceptors (Lipinski definition) is 1. The fraction of sp³-hybridized carbons (Fsp3) is 0.318. The molecule has 0 radical (unpaired) electrons. The van der Waals surface area contributed by atoms with Crippen LogP contribution in [0.3, 0.4) is 0 Å². The van der Waals surface area contributed by atoms with Gasteiger partial charge in [0.2, 0.25) is 0 Å². The normalized spacial score (nSPS) is 11.0. The van der Waals surface area contributed by atoms with Gasteiger partial charge in [-0.15, -0.1) is 0 Å². The minimum Gasteiger partial charge on any atom is -0.256 e. The lowest BCUT2D eigenvalue weighted by atomic mass is 9.95. The lowest BCUT2D eigenvalue weighted by Crippen LogP contribution is -1.92. The van der Waals surface area contributed by atoms with Gasteiger partial charge in [0.15, 0.2) is 0 Å². The minimum absolute atomic E-state index is 1.09. The van der Waals surface area contributed by atoms with Crippen LogP contribution in [0.5, 0.6) is 0 Å². The molecule has 1 heterocycles. The third-order valence-electron chi connectivity index (χ3n) is 4.50. The third kappa shape index (κ3) is 3.61. The number of nitrogens with zero attached hydrogens (tertiary/aromatic N) is 1. The van der Waals surface area contributed by atoms with Crippen molar-refractivity contribution in [3.05, 3.63) is 65.9 Å². The first kappa shape index (κ1) is 15.7. The van der Waals surface area contributed by atoms with Gasteiger partial charge >= 0.3 is 0 Å². The van der Waals surface area contributed by atoms with Crippen molar-refractivity contribution in [2.75, 3.05) is 0 Å². The van der Waals surface area contributed by atoms with Gasteiger partial charge in [-0.2, -0.15) is 0 Å². The van der Waals surface area contributed by atoms with E-state index in [9.17, 15) is 0 Å². The SMILES string of the molecule is CCCCCCc1ccc2ncc(C)c(-c3ccccc3)c2c1.